The Labute approximate surface area is 117 Å². The lowest BCUT2D eigenvalue weighted by molar-refractivity contribution is 0.682. The van der Waals surface area contributed by atoms with Crippen LogP contribution in [-0.2, 0) is 23.1 Å². The largest absolute Gasteiger partial charge is 0.325 e. The Morgan fingerprint density at radius 3 is 2.83 bits per heavy atom. The van der Waals surface area contributed by atoms with E-state index in [1.807, 2.05) is 36.4 Å². The first kappa shape index (κ1) is 13.4. The summed E-state index contributed by atoms with van der Waals surface area (Å²) in [5.41, 5.74) is 7.37. The van der Waals surface area contributed by atoms with Crippen LogP contribution in [0.4, 0.5) is 0 Å². The summed E-state index contributed by atoms with van der Waals surface area (Å²) in [6.45, 7) is 0.367. The fourth-order valence-corrected chi connectivity index (χ4v) is 3.37. The third-order valence-corrected chi connectivity index (χ3v) is 4.37. The number of nitrogens with zero attached hydrogens (tertiary/aromatic N) is 1. The monoisotopic (exact) mass is 324 g/mol. The molecular formula is C13H13BrN2OS. The second-order valence-electron chi connectivity index (χ2n) is 3.76. The molecule has 2 N–H and O–H groups in total. The Hall–Kier alpha value is -1.04. The molecule has 0 bridgehead atoms. The van der Waals surface area contributed by atoms with E-state index in [-0.39, 0.29) is 0 Å². The summed E-state index contributed by atoms with van der Waals surface area (Å²) < 4.78 is 13.2. The van der Waals surface area contributed by atoms with Crippen molar-refractivity contribution in [2.75, 3.05) is 0 Å². The molecule has 0 fully saturated rings. The summed E-state index contributed by atoms with van der Waals surface area (Å²) in [6.07, 6.45) is 1.70. The van der Waals surface area contributed by atoms with Crippen molar-refractivity contribution in [3.05, 3.63) is 58.3 Å². The van der Waals surface area contributed by atoms with E-state index in [9.17, 15) is 4.21 Å². The summed E-state index contributed by atoms with van der Waals surface area (Å²) in [7, 11) is -1.08. The van der Waals surface area contributed by atoms with Gasteiger partial charge < -0.3 is 5.73 Å². The number of benzene rings is 1. The van der Waals surface area contributed by atoms with E-state index in [4.69, 9.17) is 5.73 Å². The molecule has 18 heavy (non-hydrogen) atoms. The van der Waals surface area contributed by atoms with Gasteiger partial charge in [-0.3, -0.25) is 9.19 Å². The van der Waals surface area contributed by atoms with Crippen molar-refractivity contribution in [1.82, 2.24) is 4.98 Å². The number of halogens is 1. The van der Waals surface area contributed by atoms with Gasteiger partial charge in [0.2, 0.25) is 0 Å². The fraction of sp³-hybridized carbons (Fsp3) is 0.154. The second-order valence-corrected chi connectivity index (χ2v) is 6.13. The van der Waals surface area contributed by atoms with Crippen molar-refractivity contribution >= 4 is 26.7 Å². The third-order valence-electron chi connectivity index (χ3n) is 2.52. The Kier molecular flexibility index (Phi) is 4.63. The number of pyridine rings is 1. The van der Waals surface area contributed by atoms with Gasteiger partial charge in [0.15, 0.2) is 0 Å². The Morgan fingerprint density at radius 2 is 2.11 bits per heavy atom. The van der Waals surface area contributed by atoms with E-state index in [0.29, 0.717) is 12.3 Å². The molecule has 0 aliphatic carbocycles. The molecule has 0 aliphatic heterocycles. The lowest BCUT2D eigenvalue weighted by atomic mass is 10.2. The molecule has 0 saturated heterocycles. The van der Waals surface area contributed by atoms with E-state index >= 15 is 0 Å². The molecule has 0 saturated carbocycles. The molecule has 0 amide bonds. The number of aromatic nitrogens is 1. The molecule has 1 aromatic carbocycles. The van der Waals surface area contributed by atoms with Gasteiger partial charge in [-0.15, -0.1) is 0 Å². The summed E-state index contributed by atoms with van der Waals surface area (Å²) in [6, 6.07) is 11.3. The normalized spacial score (nSPS) is 12.3. The van der Waals surface area contributed by atoms with Crippen LogP contribution in [0.5, 0.6) is 0 Å². The van der Waals surface area contributed by atoms with Crippen molar-refractivity contribution in [1.29, 1.82) is 0 Å². The summed E-state index contributed by atoms with van der Waals surface area (Å²) in [5, 5.41) is 0. The molecule has 0 aliphatic rings. The minimum Gasteiger partial charge on any atom is -0.325 e. The minimum atomic E-state index is -1.08. The van der Waals surface area contributed by atoms with Crippen LogP contribution in [0.15, 0.2) is 52.0 Å². The summed E-state index contributed by atoms with van der Waals surface area (Å²) in [4.78, 5) is 4.99. The zero-order chi connectivity index (χ0) is 13.0. The molecule has 3 nitrogen and oxygen atoms in total. The van der Waals surface area contributed by atoms with Crippen molar-refractivity contribution < 1.29 is 4.21 Å². The van der Waals surface area contributed by atoms with E-state index in [1.54, 1.807) is 6.20 Å². The van der Waals surface area contributed by atoms with Gasteiger partial charge in [0.1, 0.15) is 0 Å². The van der Waals surface area contributed by atoms with Gasteiger partial charge in [0, 0.05) is 22.1 Å². The zero-order valence-corrected chi connectivity index (χ0v) is 12.1. The molecule has 1 heterocycles. The second kappa shape index (κ2) is 6.22. The standard InChI is InChI=1S/C13H13BrN2OS/c14-11-4-1-5-12(7-11)18(17)9-10-3-2-6-16-13(10)8-15/h1-7H,8-9,15H2. The van der Waals surface area contributed by atoms with Crippen LogP contribution in [0.1, 0.15) is 11.3 Å². The van der Waals surface area contributed by atoms with E-state index in [2.05, 4.69) is 20.9 Å². The van der Waals surface area contributed by atoms with E-state index in [0.717, 1.165) is 20.6 Å². The first-order valence-corrected chi connectivity index (χ1v) is 7.58. The smallest absolute Gasteiger partial charge is 0.0580 e. The molecule has 2 aromatic rings. The van der Waals surface area contributed by atoms with Crippen LogP contribution in [0.2, 0.25) is 0 Å². The highest BCUT2D eigenvalue weighted by atomic mass is 79.9. The third kappa shape index (κ3) is 3.25. The first-order chi connectivity index (χ1) is 8.70. The zero-order valence-electron chi connectivity index (χ0n) is 9.67. The molecule has 1 atom stereocenters. The average molecular weight is 325 g/mol. The molecule has 5 heteroatoms. The predicted molar refractivity (Wildman–Crippen MR) is 76.4 cm³/mol. The van der Waals surface area contributed by atoms with Crippen LogP contribution in [-0.4, -0.2) is 9.19 Å². The molecular weight excluding hydrogens is 312 g/mol. The summed E-state index contributed by atoms with van der Waals surface area (Å²) in [5.74, 6) is 0.441. The Bertz CT molecular complexity index is 574. The minimum absolute atomic E-state index is 0.367. The highest BCUT2D eigenvalue weighted by Gasteiger charge is 2.09. The highest BCUT2D eigenvalue weighted by Crippen LogP contribution is 2.18. The van der Waals surface area contributed by atoms with Crippen molar-refractivity contribution in [3.8, 4) is 0 Å². The molecule has 0 spiro atoms. The van der Waals surface area contributed by atoms with Gasteiger partial charge >= 0.3 is 0 Å². The van der Waals surface area contributed by atoms with Gasteiger partial charge in [0.25, 0.3) is 0 Å². The maximum absolute atomic E-state index is 12.3. The van der Waals surface area contributed by atoms with E-state index < -0.39 is 10.8 Å². The number of nitrogens with two attached hydrogens (primary N) is 1. The predicted octanol–water partition coefficient (Wildman–Crippen LogP) is 2.61. The van der Waals surface area contributed by atoms with Crippen LogP contribution in [0.25, 0.3) is 0 Å². The maximum atomic E-state index is 12.3. The molecule has 94 valence electrons. The SMILES string of the molecule is NCc1ncccc1CS(=O)c1cccc(Br)c1. The van der Waals surface area contributed by atoms with Gasteiger partial charge in [-0.2, -0.15) is 0 Å². The van der Waals surface area contributed by atoms with E-state index in [1.165, 1.54) is 0 Å². The van der Waals surface area contributed by atoms with Crippen molar-refractivity contribution in [2.45, 2.75) is 17.2 Å². The number of rotatable bonds is 4. The van der Waals surface area contributed by atoms with Gasteiger partial charge in [0.05, 0.1) is 22.2 Å². The Morgan fingerprint density at radius 1 is 1.28 bits per heavy atom. The molecule has 2 rings (SSSR count). The first-order valence-electron chi connectivity index (χ1n) is 5.47. The topological polar surface area (TPSA) is 56.0 Å². The number of hydrogen-bond donors (Lipinski definition) is 1. The number of hydrogen-bond acceptors (Lipinski definition) is 3. The van der Waals surface area contributed by atoms with Gasteiger partial charge in [-0.1, -0.05) is 28.1 Å². The lowest BCUT2D eigenvalue weighted by Gasteiger charge is -2.07. The maximum Gasteiger partial charge on any atom is 0.0580 e. The highest BCUT2D eigenvalue weighted by molar-refractivity contribution is 9.10. The van der Waals surface area contributed by atoms with Gasteiger partial charge in [-0.25, -0.2) is 0 Å². The van der Waals surface area contributed by atoms with Crippen LogP contribution in [0, 0.1) is 0 Å². The molecule has 0 radical (unpaired) electrons. The fourth-order valence-electron chi connectivity index (χ4n) is 1.62. The van der Waals surface area contributed by atoms with Crippen LogP contribution < -0.4 is 5.73 Å². The van der Waals surface area contributed by atoms with Crippen molar-refractivity contribution in [2.24, 2.45) is 5.73 Å². The van der Waals surface area contributed by atoms with Crippen molar-refractivity contribution in [3.63, 3.8) is 0 Å². The molecule has 1 aromatic heterocycles. The average Bonchev–Trinajstić information content (AvgIpc) is 2.39. The van der Waals surface area contributed by atoms with Gasteiger partial charge in [-0.05, 0) is 29.8 Å². The summed E-state index contributed by atoms with van der Waals surface area (Å²) >= 11 is 3.38. The Balaban J connectivity index is 2.21. The molecule has 1 unspecified atom stereocenters. The van der Waals surface area contributed by atoms with Crippen LogP contribution >= 0.6 is 15.9 Å². The lowest BCUT2D eigenvalue weighted by Crippen LogP contribution is -2.06. The van der Waals surface area contributed by atoms with Crippen LogP contribution in [0.3, 0.4) is 0 Å². The quantitative estimate of drug-likeness (QED) is 0.940.